The molecular formula is C22H13F4N3O6. The summed E-state index contributed by atoms with van der Waals surface area (Å²) in [6.45, 7) is 0. The Morgan fingerprint density at radius 2 is 1.66 bits per heavy atom. The third-order valence-corrected chi connectivity index (χ3v) is 5.11. The smallest absolute Gasteiger partial charge is 0.441 e. The number of alkyl halides is 3. The molecule has 3 N–H and O–H groups in total. The lowest BCUT2D eigenvalue weighted by molar-refractivity contribution is -0.384. The fourth-order valence-corrected chi connectivity index (χ4v) is 3.49. The van der Waals surface area contributed by atoms with Gasteiger partial charge in [-0.2, -0.15) is 13.2 Å². The number of hydrogen-bond acceptors (Lipinski definition) is 6. The molecule has 0 radical (unpaired) electrons. The van der Waals surface area contributed by atoms with Crippen molar-refractivity contribution in [3.05, 3.63) is 93.5 Å². The number of halogens is 4. The number of amides is 2. The van der Waals surface area contributed by atoms with E-state index in [0.717, 1.165) is 30.3 Å². The van der Waals surface area contributed by atoms with Crippen LogP contribution in [-0.2, 0) is 0 Å². The molecule has 1 aromatic heterocycles. The third-order valence-electron chi connectivity index (χ3n) is 5.11. The highest BCUT2D eigenvalue weighted by Crippen LogP contribution is 2.41. The zero-order chi connectivity index (χ0) is 25.5. The van der Waals surface area contributed by atoms with Gasteiger partial charge in [0.15, 0.2) is 11.5 Å². The average molecular weight is 491 g/mol. The Hall–Kier alpha value is -4.52. The van der Waals surface area contributed by atoms with Crippen LogP contribution in [0.4, 0.5) is 28.0 Å². The molecule has 0 saturated carbocycles. The number of hydrogen-bond donors (Lipinski definition) is 3. The Bertz CT molecular complexity index is 1380. The SMILES string of the molecule is O=C1NC(c2ccc(-c3ccccc3[N+](=O)[O-])o2)=C(C(=O)c2ccc(F)cc2)C(O)(C(F)(F)F)N1. The number of nitro benzene ring substituents is 1. The van der Waals surface area contributed by atoms with Gasteiger partial charge >= 0.3 is 12.2 Å². The van der Waals surface area contributed by atoms with Gasteiger partial charge in [-0.1, -0.05) is 12.1 Å². The summed E-state index contributed by atoms with van der Waals surface area (Å²) < 4.78 is 60.6. The molecule has 0 saturated heterocycles. The number of nitro groups is 1. The van der Waals surface area contributed by atoms with Crippen LogP contribution in [0.25, 0.3) is 17.0 Å². The Morgan fingerprint density at radius 1 is 1.03 bits per heavy atom. The molecule has 1 aliphatic rings. The number of aliphatic hydroxyl groups is 1. The number of urea groups is 1. The van der Waals surface area contributed by atoms with Crippen LogP contribution < -0.4 is 10.6 Å². The Kier molecular flexibility index (Phi) is 5.64. The molecule has 1 unspecified atom stereocenters. The maximum absolute atomic E-state index is 13.9. The van der Waals surface area contributed by atoms with E-state index >= 15 is 0 Å². The van der Waals surface area contributed by atoms with Crippen LogP contribution >= 0.6 is 0 Å². The molecule has 0 spiro atoms. The molecule has 0 bridgehead atoms. The molecule has 4 rings (SSSR count). The second-order valence-electron chi connectivity index (χ2n) is 7.31. The van der Waals surface area contributed by atoms with Crippen molar-refractivity contribution in [2.24, 2.45) is 0 Å². The molecule has 0 fully saturated rings. The highest BCUT2D eigenvalue weighted by Gasteiger charge is 2.62. The van der Waals surface area contributed by atoms with Crippen LogP contribution in [0.15, 0.2) is 70.7 Å². The predicted octanol–water partition coefficient (Wildman–Crippen LogP) is 4.15. The van der Waals surface area contributed by atoms with Gasteiger partial charge in [-0.05, 0) is 42.5 Å². The van der Waals surface area contributed by atoms with Crippen molar-refractivity contribution in [3.63, 3.8) is 0 Å². The van der Waals surface area contributed by atoms with Gasteiger partial charge in [0.05, 0.1) is 21.8 Å². The number of carbonyl (C=O) groups excluding carboxylic acids is 2. The molecule has 1 atom stereocenters. The first kappa shape index (κ1) is 23.6. The summed E-state index contributed by atoms with van der Waals surface area (Å²) in [6, 6.07) is 9.57. The van der Waals surface area contributed by atoms with E-state index in [2.05, 4.69) is 0 Å². The third kappa shape index (κ3) is 4.12. The van der Waals surface area contributed by atoms with Gasteiger partial charge < -0.3 is 14.8 Å². The van der Waals surface area contributed by atoms with Gasteiger partial charge in [0.2, 0.25) is 0 Å². The molecule has 9 nitrogen and oxygen atoms in total. The summed E-state index contributed by atoms with van der Waals surface area (Å²) >= 11 is 0. The summed E-state index contributed by atoms with van der Waals surface area (Å²) in [5.74, 6) is -2.81. The monoisotopic (exact) mass is 491 g/mol. The van der Waals surface area contributed by atoms with Gasteiger partial charge in [0.1, 0.15) is 11.6 Å². The predicted molar refractivity (Wildman–Crippen MR) is 111 cm³/mol. The number of nitrogens with one attached hydrogen (secondary N) is 2. The van der Waals surface area contributed by atoms with Crippen LogP contribution in [0.2, 0.25) is 0 Å². The normalized spacial score (nSPS) is 18.1. The quantitative estimate of drug-likeness (QED) is 0.212. The van der Waals surface area contributed by atoms with Crippen LogP contribution in [-0.4, -0.2) is 33.7 Å². The summed E-state index contributed by atoms with van der Waals surface area (Å²) in [4.78, 5) is 35.8. The minimum atomic E-state index is -5.56. The standard InChI is InChI=1S/C22H13F4N3O6/c23-12-7-5-11(6-8-12)19(30)17-18(27-20(31)28-21(17,32)22(24,25)26)16-10-9-15(35-16)13-3-1-2-4-14(13)29(33)34/h1-10,32H,(H2,27,28,31). The van der Waals surface area contributed by atoms with Crippen molar-refractivity contribution in [3.8, 4) is 11.3 Å². The largest absolute Gasteiger partial charge is 0.454 e. The number of para-hydroxylation sites is 1. The summed E-state index contributed by atoms with van der Waals surface area (Å²) in [5.41, 5.74) is -7.13. The summed E-state index contributed by atoms with van der Waals surface area (Å²) in [5, 5.41) is 25.2. The van der Waals surface area contributed by atoms with Crippen molar-refractivity contribution in [1.82, 2.24) is 10.6 Å². The number of furan rings is 1. The number of Topliss-reactive ketones (excluding diaryl/α,β-unsaturated/α-hetero) is 1. The van der Waals surface area contributed by atoms with Crippen LogP contribution in [0.1, 0.15) is 16.1 Å². The molecule has 180 valence electrons. The highest BCUT2D eigenvalue weighted by atomic mass is 19.4. The average Bonchev–Trinajstić information content (AvgIpc) is 3.28. The topological polar surface area (TPSA) is 135 Å². The first-order valence-corrected chi connectivity index (χ1v) is 9.69. The van der Waals surface area contributed by atoms with E-state index in [1.165, 1.54) is 35.6 Å². The Labute approximate surface area is 192 Å². The zero-order valence-electron chi connectivity index (χ0n) is 17.2. The van der Waals surface area contributed by atoms with E-state index in [1.54, 1.807) is 0 Å². The first-order valence-electron chi connectivity index (χ1n) is 9.69. The maximum atomic E-state index is 13.9. The lowest BCUT2D eigenvalue weighted by Gasteiger charge is -2.37. The fraction of sp³-hybridized carbons (Fsp3) is 0.0909. The van der Waals surface area contributed by atoms with Crippen molar-refractivity contribution < 1.29 is 41.6 Å². The van der Waals surface area contributed by atoms with Gasteiger partial charge in [-0.15, -0.1) is 0 Å². The first-order chi connectivity index (χ1) is 16.4. The van der Waals surface area contributed by atoms with Gasteiger partial charge in [0.25, 0.3) is 11.4 Å². The second-order valence-corrected chi connectivity index (χ2v) is 7.31. The summed E-state index contributed by atoms with van der Waals surface area (Å²) in [7, 11) is 0. The Balaban J connectivity index is 1.94. The summed E-state index contributed by atoms with van der Waals surface area (Å²) in [6.07, 6.45) is -5.56. The number of ketones is 1. The number of rotatable bonds is 5. The Morgan fingerprint density at radius 3 is 2.29 bits per heavy atom. The molecular weight excluding hydrogens is 478 g/mol. The minimum Gasteiger partial charge on any atom is -0.454 e. The molecule has 13 heteroatoms. The highest BCUT2D eigenvalue weighted by molar-refractivity contribution is 6.16. The van der Waals surface area contributed by atoms with Crippen LogP contribution in [0.3, 0.4) is 0 Å². The van der Waals surface area contributed by atoms with Crippen molar-refractivity contribution in [2.75, 3.05) is 0 Å². The molecule has 35 heavy (non-hydrogen) atoms. The van der Waals surface area contributed by atoms with E-state index in [9.17, 15) is 42.4 Å². The molecule has 3 aromatic rings. The van der Waals surface area contributed by atoms with Crippen LogP contribution in [0.5, 0.6) is 0 Å². The lowest BCUT2D eigenvalue weighted by Crippen LogP contribution is -2.66. The van der Waals surface area contributed by atoms with E-state index in [1.807, 2.05) is 5.32 Å². The van der Waals surface area contributed by atoms with Crippen molar-refractivity contribution in [1.29, 1.82) is 0 Å². The van der Waals surface area contributed by atoms with Gasteiger partial charge in [-0.25, -0.2) is 9.18 Å². The fourth-order valence-electron chi connectivity index (χ4n) is 3.49. The second kappa shape index (κ2) is 8.36. The maximum Gasteiger partial charge on any atom is 0.441 e. The minimum absolute atomic E-state index is 0.0258. The number of nitrogens with zero attached hydrogens (tertiary/aromatic N) is 1. The lowest BCUT2D eigenvalue weighted by atomic mass is 9.89. The van der Waals surface area contributed by atoms with Gasteiger partial charge in [0, 0.05) is 11.6 Å². The zero-order valence-corrected chi connectivity index (χ0v) is 17.2. The van der Waals surface area contributed by atoms with E-state index in [0.29, 0.717) is 0 Å². The van der Waals surface area contributed by atoms with Crippen molar-refractivity contribution >= 4 is 23.2 Å². The number of benzene rings is 2. The molecule has 2 aromatic carbocycles. The molecule has 0 aliphatic carbocycles. The van der Waals surface area contributed by atoms with E-state index < -0.39 is 57.1 Å². The van der Waals surface area contributed by atoms with E-state index in [4.69, 9.17) is 4.42 Å². The molecule has 2 heterocycles. The van der Waals surface area contributed by atoms with Gasteiger partial charge in [-0.3, -0.25) is 20.2 Å². The molecule has 1 aliphatic heterocycles. The number of carbonyl (C=O) groups is 2. The molecule has 2 amide bonds. The van der Waals surface area contributed by atoms with E-state index in [-0.39, 0.29) is 17.0 Å². The van der Waals surface area contributed by atoms with Crippen molar-refractivity contribution in [2.45, 2.75) is 11.9 Å². The van der Waals surface area contributed by atoms with Crippen LogP contribution in [0, 0.1) is 15.9 Å².